The predicted molar refractivity (Wildman–Crippen MR) is 50.2 cm³/mol. The average Bonchev–Trinajstić information content (AvgIpc) is 2.16. The normalized spacial score (nSPS) is 22.2. The summed E-state index contributed by atoms with van der Waals surface area (Å²) in [4.78, 5) is 13.1. The van der Waals surface area contributed by atoms with E-state index >= 15 is 0 Å². The van der Waals surface area contributed by atoms with Gasteiger partial charge in [-0.25, -0.2) is 0 Å². The van der Waals surface area contributed by atoms with Crippen molar-refractivity contribution in [1.29, 1.82) is 0 Å². The molecule has 0 aromatic heterocycles. The van der Waals surface area contributed by atoms with Crippen LogP contribution in [0.2, 0.25) is 0 Å². The first-order valence-electron chi connectivity index (χ1n) is 4.23. The smallest absolute Gasteiger partial charge is 0.223 e. The van der Waals surface area contributed by atoms with Crippen molar-refractivity contribution in [3.63, 3.8) is 0 Å². The third kappa shape index (κ3) is 3.03. The molecule has 1 aliphatic rings. The molecule has 0 radical (unpaired) electrons. The van der Waals surface area contributed by atoms with Crippen LogP contribution in [0.25, 0.3) is 0 Å². The molecule has 0 aliphatic carbocycles. The number of hydrogen-bond acceptors (Lipinski definition) is 3. The number of β-amino-alcohol motifs (C(OH)–C–C–N with tert-alkyl or cyclic N) is 1. The second kappa shape index (κ2) is 4.72. The van der Waals surface area contributed by atoms with Gasteiger partial charge in [-0.1, -0.05) is 0 Å². The van der Waals surface area contributed by atoms with Crippen LogP contribution in [0.15, 0.2) is 0 Å². The maximum Gasteiger partial charge on any atom is 0.223 e. The fourth-order valence-corrected chi connectivity index (χ4v) is 2.10. The van der Waals surface area contributed by atoms with Crippen LogP contribution in [0.5, 0.6) is 0 Å². The summed E-state index contributed by atoms with van der Waals surface area (Å²) in [5.41, 5.74) is 0. The lowest BCUT2D eigenvalue weighted by molar-refractivity contribution is -0.131. The van der Waals surface area contributed by atoms with Crippen LogP contribution in [0, 0.1) is 0 Å². The van der Waals surface area contributed by atoms with Crippen LogP contribution in [0.1, 0.15) is 13.3 Å². The van der Waals surface area contributed by atoms with E-state index in [9.17, 15) is 4.79 Å². The average molecular weight is 189 g/mol. The Balaban J connectivity index is 2.42. The Bertz CT molecular complexity index is 161. The third-order valence-electron chi connectivity index (χ3n) is 1.80. The van der Waals surface area contributed by atoms with Gasteiger partial charge in [0.2, 0.25) is 5.91 Å². The summed E-state index contributed by atoms with van der Waals surface area (Å²) in [6.45, 7) is 2.99. The topological polar surface area (TPSA) is 40.5 Å². The number of nitrogens with zero attached hydrogens (tertiary/aromatic N) is 1. The quantitative estimate of drug-likeness (QED) is 0.680. The summed E-state index contributed by atoms with van der Waals surface area (Å²) < 4.78 is 0. The van der Waals surface area contributed by atoms with Crippen LogP contribution >= 0.6 is 11.8 Å². The van der Waals surface area contributed by atoms with Crippen LogP contribution in [-0.2, 0) is 4.79 Å². The number of hydrogen-bond donors (Lipinski definition) is 1. The van der Waals surface area contributed by atoms with E-state index in [1.54, 1.807) is 23.6 Å². The molecule has 1 amide bonds. The summed E-state index contributed by atoms with van der Waals surface area (Å²) in [6, 6.07) is 0. The molecule has 3 nitrogen and oxygen atoms in total. The van der Waals surface area contributed by atoms with E-state index in [1.165, 1.54) is 0 Å². The molecular formula is C8H15NO2S. The number of thioether (sulfide) groups is 1. The Kier molecular flexibility index (Phi) is 3.88. The first-order valence-corrected chi connectivity index (χ1v) is 5.39. The highest BCUT2D eigenvalue weighted by Crippen LogP contribution is 2.11. The van der Waals surface area contributed by atoms with Crippen molar-refractivity contribution in [3.05, 3.63) is 0 Å². The van der Waals surface area contributed by atoms with E-state index in [1.807, 2.05) is 0 Å². The molecule has 1 unspecified atom stereocenters. The lowest BCUT2D eigenvalue weighted by Gasteiger charge is -2.21. The van der Waals surface area contributed by atoms with Crippen molar-refractivity contribution >= 4 is 17.7 Å². The van der Waals surface area contributed by atoms with Crippen LogP contribution < -0.4 is 0 Å². The zero-order valence-electron chi connectivity index (χ0n) is 7.32. The molecule has 1 aliphatic heterocycles. The molecule has 0 bridgehead atoms. The van der Waals surface area contributed by atoms with Crippen molar-refractivity contribution < 1.29 is 9.90 Å². The molecule has 0 spiro atoms. The second-order valence-corrected chi connectivity index (χ2v) is 4.28. The number of aliphatic hydroxyl groups excluding tert-OH is 1. The lowest BCUT2D eigenvalue weighted by Crippen LogP contribution is -2.36. The minimum absolute atomic E-state index is 0.181. The molecule has 12 heavy (non-hydrogen) atoms. The first-order chi connectivity index (χ1) is 5.70. The largest absolute Gasteiger partial charge is 0.392 e. The number of amides is 1. The Morgan fingerprint density at radius 3 is 3.08 bits per heavy atom. The second-order valence-electron chi connectivity index (χ2n) is 3.05. The molecule has 1 heterocycles. The van der Waals surface area contributed by atoms with Gasteiger partial charge in [-0.15, -0.1) is 0 Å². The minimum atomic E-state index is -0.406. The number of aliphatic hydroxyl groups is 1. The van der Waals surface area contributed by atoms with Crippen molar-refractivity contribution in [2.45, 2.75) is 19.4 Å². The number of rotatable bonds is 2. The van der Waals surface area contributed by atoms with E-state index < -0.39 is 6.10 Å². The SMILES string of the molecule is CC(O)CN1CCSCCC1=O. The molecule has 0 aromatic rings. The first kappa shape index (κ1) is 9.86. The Labute approximate surface area is 77.1 Å². The van der Waals surface area contributed by atoms with E-state index in [-0.39, 0.29) is 5.91 Å². The van der Waals surface area contributed by atoms with E-state index in [0.29, 0.717) is 13.0 Å². The highest BCUT2D eigenvalue weighted by Gasteiger charge is 2.17. The Hall–Kier alpha value is -0.220. The van der Waals surface area contributed by atoms with Gasteiger partial charge in [0.15, 0.2) is 0 Å². The monoisotopic (exact) mass is 189 g/mol. The third-order valence-corrected chi connectivity index (χ3v) is 2.77. The van der Waals surface area contributed by atoms with Gasteiger partial charge in [0.1, 0.15) is 0 Å². The van der Waals surface area contributed by atoms with Gasteiger partial charge in [-0.3, -0.25) is 4.79 Å². The summed E-state index contributed by atoms with van der Waals surface area (Å²) in [6.07, 6.45) is 0.217. The molecule has 70 valence electrons. The van der Waals surface area contributed by atoms with Gasteiger partial charge in [0.25, 0.3) is 0 Å². The number of carbonyl (C=O) groups excluding carboxylic acids is 1. The van der Waals surface area contributed by atoms with Crippen LogP contribution in [0.4, 0.5) is 0 Å². The van der Waals surface area contributed by atoms with Crippen molar-refractivity contribution in [2.75, 3.05) is 24.6 Å². The highest BCUT2D eigenvalue weighted by molar-refractivity contribution is 7.99. The Morgan fingerprint density at radius 1 is 1.67 bits per heavy atom. The van der Waals surface area contributed by atoms with Gasteiger partial charge in [0.05, 0.1) is 6.10 Å². The summed E-state index contributed by atoms with van der Waals surface area (Å²) in [5, 5.41) is 9.11. The fourth-order valence-electron chi connectivity index (χ4n) is 1.23. The van der Waals surface area contributed by atoms with E-state index in [0.717, 1.165) is 18.1 Å². The zero-order chi connectivity index (χ0) is 8.97. The predicted octanol–water partition coefficient (Wildman–Crippen LogP) is 0.333. The van der Waals surface area contributed by atoms with Crippen molar-refractivity contribution in [2.24, 2.45) is 0 Å². The van der Waals surface area contributed by atoms with Crippen LogP contribution in [-0.4, -0.2) is 46.6 Å². The van der Waals surface area contributed by atoms with Gasteiger partial charge in [-0.05, 0) is 6.92 Å². The molecule has 1 N–H and O–H groups in total. The maximum atomic E-state index is 11.4. The summed E-state index contributed by atoms with van der Waals surface area (Å²) in [5.74, 6) is 2.11. The molecular weight excluding hydrogens is 174 g/mol. The van der Waals surface area contributed by atoms with Crippen molar-refractivity contribution in [1.82, 2.24) is 4.90 Å². The van der Waals surface area contributed by atoms with Crippen molar-refractivity contribution in [3.8, 4) is 0 Å². The van der Waals surface area contributed by atoms with E-state index in [2.05, 4.69) is 0 Å². The van der Waals surface area contributed by atoms with Gasteiger partial charge in [0, 0.05) is 31.0 Å². The Morgan fingerprint density at radius 2 is 2.42 bits per heavy atom. The standard InChI is InChI=1S/C8H15NO2S/c1-7(10)6-9-3-5-12-4-2-8(9)11/h7,10H,2-6H2,1H3. The highest BCUT2D eigenvalue weighted by atomic mass is 32.2. The summed E-state index contributed by atoms with van der Waals surface area (Å²) >= 11 is 1.81. The molecule has 1 fully saturated rings. The summed E-state index contributed by atoms with van der Waals surface area (Å²) in [7, 11) is 0. The minimum Gasteiger partial charge on any atom is -0.392 e. The van der Waals surface area contributed by atoms with Gasteiger partial charge >= 0.3 is 0 Å². The molecule has 0 saturated carbocycles. The molecule has 1 rings (SSSR count). The zero-order valence-corrected chi connectivity index (χ0v) is 8.14. The number of carbonyl (C=O) groups is 1. The fraction of sp³-hybridized carbons (Fsp3) is 0.875. The molecule has 1 atom stereocenters. The lowest BCUT2D eigenvalue weighted by atomic mass is 10.3. The van der Waals surface area contributed by atoms with E-state index in [4.69, 9.17) is 5.11 Å². The molecule has 4 heteroatoms. The van der Waals surface area contributed by atoms with Gasteiger partial charge < -0.3 is 10.0 Å². The molecule has 1 saturated heterocycles. The van der Waals surface area contributed by atoms with Crippen LogP contribution in [0.3, 0.4) is 0 Å². The molecule has 0 aromatic carbocycles. The maximum absolute atomic E-state index is 11.4. The van der Waals surface area contributed by atoms with Gasteiger partial charge in [-0.2, -0.15) is 11.8 Å².